The van der Waals surface area contributed by atoms with E-state index in [4.69, 9.17) is 23.2 Å². The topological polar surface area (TPSA) is 70.4 Å². The van der Waals surface area contributed by atoms with Crippen LogP contribution in [-0.4, -0.2) is 27.6 Å². The van der Waals surface area contributed by atoms with E-state index < -0.39 is 23.7 Å². The molecule has 2 unspecified atom stereocenters. The number of rotatable bonds is 5. The Morgan fingerprint density at radius 1 is 1.27 bits per heavy atom. The van der Waals surface area contributed by atoms with Crippen molar-refractivity contribution >= 4 is 29.0 Å². The van der Waals surface area contributed by atoms with Crippen LogP contribution in [0.1, 0.15) is 36.1 Å². The molecule has 0 aliphatic heterocycles. The van der Waals surface area contributed by atoms with Gasteiger partial charge in [0.05, 0.1) is 12.3 Å². The van der Waals surface area contributed by atoms with Gasteiger partial charge in [0.2, 0.25) is 0 Å². The van der Waals surface area contributed by atoms with Crippen LogP contribution in [0.2, 0.25) is 10.0 Å². The van der Waals surface area contributed by atoms with Crippen LogP contribution in [0.3, 0.4) is 0 Å². The number of carbonyl (C=O) groups is 1. The van der Waals surface area contributed by atoms with E-state index in [9.17, 15) is 15.0 Å². The van der Waals surface area contributed by atoms with Gasteiger partial charge >= 0.3 is 0 Å². The second-order valence-electron chi connectivity index (χ2n) is 6.55. The zero-order valence-electron chi connectivity index (χ0n) is 13.9. The van der Waals surface area contributed by atoms with Crippen LogP contribution in [0.5, 0.6) is 0 Å². The maximum absolute atomic E-state index is 15.7. The third kappa shape index (κ3) is 3.37. The van der Waals surface area contributed by atoms with Crippen molar-refractivity contribution < 1.29 is 19.4 Å². The molecule has 0 saturated heterocycles. The second-order valence-corrected chi connectivity index (χ2v) is 7.39. The number of hydrogen-bond donors (Lipinski definition) is 2. The largest absolute Gasteiger partial charge is 0.393 e. The van der Waals surface area contributed by atoms with Crippen LogP contribution in [-0.2, 0) is 22.5 Å². The molecule has 26 heavy (non-hydrogen) atoms. The minimum atomic E-state index is -2.25. The number of aliphatic hydroxyl groups excluding tert-OH is 1. The number of carbonyl (C=O) groups excluding carboxylic acids is 1. The first kappa shape index (κ1) is 19.2. The molecule has 1 aliphatic carbocycles. The van der Waals surface area contributed by atoms with Crippen LogP contribution in [0.15, 0.2) is 36.5 Å². The molecule has 0 amide bonds. The number of ketones is 1. The summed E-state index contributed by atoms with van der Waals surface area (Å²) in [5, 5.41) is 20.9. The molecule has 138 valence electrons. The number of halogens is 3. The standard InChI is InChI=1S/C19H18Cl2FNO3/c20-13-5-3-12(15(21)10-13)4-6-16(25)19(22)8-7-18(26,11-24)17-14(19)2-1-9-23-17/h1-3,5,9-10,24,26H,4,6-8,11H2. The first-order chi connectivity index (χ1) is 12.3. The summed E-state index contributed by atoms with van der Waals surface area (Å²) in [7, 11) is 0. The molecule has 1 aromatic carbocycles. The number of fused-ring (bicyclic) bond motifs is 1. The predicted molar refractivity (Wildman–Crippen MR) is 97.0 cm³/mol. The van der Waals surface area contributed by atoms with Gasteiger partial charge < -0.3 is 10.2 Å². The van der Waals surface area contributed by atoms with Crippen molar-refractivity contribution in [1.29, 1.82) is 0 Å². The number of aromatic nitrogens is 1. The van der Waals surface area contributed by atoms with E-state index in [2.05, 4.69) is 4.98 Å². The molecule has 0 saturated carbocycles. The summed E-state index contributed by atoms with van der Waals surface area (Å²) < 4.78 is 15.7. The second kappa shape index (κ2) is 7.24. The van der Waals surface area contributed by atoms with Crippen molar-refractivity contribution in [1.82, 2.24) is 4.98 Å². The molecule has 0 fully saturated rings. The van der Waals surface area contributed by atoms with Gasteiger partial charge in [-0.1, -0.05) is 35.3 Å². The van der Waals surface area contributed by atoms with E-state index in [0.717, 1.165) is 0 Å². The first-order valence-corrected chi connectivity index (χ1v) is 9.01. The molecular weight excluding hydrogens is 380 g/mol. The monoisotopic (exact) mass is 397 g/mol. The summed E-state index contributed by atoms with van der Waals surface area (Å²) in [4.78, 5) is 16.7. The smallest absolute Gasteiger partial charge is 0.195 e. The maximum Gasteiger partial charge on any atom is 0.195 e. The van der Waals surface area contributed by atoms with Crippen LogP contribution in [0.25, 0.3) is 0 Å². The number of benzene rings is 1. The number of aliphatic hydroxyl groups is 2. The number of pyridine rings is 1. The van der Waals surface area contributed by atoms with E-state index in [0.29, 0.717) is 15.6 Å². The molecule has 4 nitrogen and oxygen atoms in total. The summed E-state index contributed by atoms with van der Waals surface area (Å²) in [6.45, 7) is -0.582. The van der Waals surface area contributed by atoms with Crippen LogP contribution in [0, 0.1) is 0 Å². The zero-order chi connectivity index (χ0) is 18.9. The summed E-state index contributed by atoms with van der Waals surface area (Å²) >= 11 is 12.0. The number of hydrogen-bond acceptors (Lipinski definition) is 4. The molecule has 1 heterocycles. The molecule has 0 bridgehead atoms. The Bertz CT molecular complexity index is 847. The minimum Gasteiger partial charge on any atom is -0.393 e. The third-order valence-electron chi connectivity index (χ3n) is 4.90. The van der Waals surface area contributed by atoms with E-state index >= 15 is 4.39 Å². The Labute approximate surface area is 160 Å². The van der Waals surface area contributed by atoms with Gasteiger partial charge in [-0.25, -0.2) is 4.39 Å². The van der Waals surface area contributed by atoms with Crippen molar-refractivity contribution in [2.45, 2.75) is 37.0 Å². The highest BCUT2D eigenvalue weighted by Crippen LogP contribution is 2.46. The SMILES string of the molecule is O=C(CCc1ccc(Cl)cc1Cl)C1(F)CCC(O)(CO)c2ncccc21. The molecule has 1 aliphatic rings. The normalized spacial score (nSPS) is 25.0. The summed E-state index contributed by atoms with van der Waals surface area (Å²) in [6.07, 6.45) is 1.33. The van der Waals surface area contributed by atoms with Crippen LogP contribution in [0.4, 0.5) is 4.39 Å². The first-order valence-electron chi connectivity index (χ1n) is 8.25. The molecular formula is C19H18Cl2FNO3. The van der Waals surface area contributed by atoms with Crippen molar-refractivity contribution in [3.05, 3.63) is 63.4 Å². The van der Waals surface area contributed by atoms with Gasteiger partial charge in [-0.05, 0) is 43.0 Å². The van der Waals surface area contributed by atoms with Gasteiger partial charge in [0, 0.05) is 28.2 Å². The molecule has 7 heteroatoms. The molecule has 0 radical (unpaired) electrons. The van der Waals surface area contributed by atoms with Gasteiger partial charge in [0.15, 0.2) is 11.5 Å². The molecule has 0 spiro atoms. The summed E-state index contributed by atoms with van der Waals surface area (Å²) in [6, 6.07) is 7.91. The lowest BCUT2D eigenvalue weighted by atomic mass is 9.72. The molecule has 1 aromatic heterocycles. The number of nitrogens with zero attached hydrogens (tertiary/aromatic N) is 1. The fraction of sp³-hybridized carbons (Fsp3) is 0.368. The van der Waals surface area contributed by atoms with Gasteiger partial charge in [-0.3, -0.25) is 9.78 Å². The number of alkyl halides is 1. The van der Waals surface area contributed by atoms with Gasteiger partial charge in [0.25, 0.3) is 0 Å². The van der Waals surface area contributed by atoms with E-state index in [1.165, 1.54) is 18.3 Å². The van der Waals surface area contributed by atoms with Crippen molar-refractivity contribution in [2.24, 2.45) is 0 Å². The average Bonchev–Trinajstić information content (AvgIpc) is 2.64. The third-order valence-corrected chi connectivity index (χ3v) is 5.49. The maximum atomic E-state index is 15.7. The van der Waals surface area contributed by atoms with Crippen molar-refractivity contribution in [2.75, 3.05) is 6.61 Å². The highest BCUT2D eigenvalue weighted by Gasteiger charge is 2.51. The highest BCUT2D eigenvalue weighted by atomic mass is 35.5. The van der Waals surface area contributed by atoms with Crippen molar-refractivity contribution in [3.8, 4) is 0 Å². The predicted octanol–water partition coefficient (Wildman–Crippen LogP) is 3.73. The van der Waals surface area contributed by atoms with Crippen LogP contribution >= 0.6 is 23.2 Å². The van der Waals surface area contributed by atoms with Gasteiger partial charge in [0.1, 0.15) is 5.60 Å². The van der Waals surface area contributed by atoms with Crippen LogP contribution < -0.4 is 0 Å². The van der Waals surface area contributed by atoms with E-state index in [1.54, 1.807) is 18.2 Å². The summed E-state index contributed by atoms with van der Waals surface area (Å²) in [5.74, 6) is -0.599. The fourth-order valence-electron chi connectivity index (χ4n) is 3.34. The van der Waals surface area contributed by atoms with E-state index in [-0.39, 0.29) is 36.9 Å². The molecule has 2 N–H and O–H groups in total. The lowest BCUT2D eigenvalue weighted by molar-refractivity contribution is -0.135. The lowest BCUT2D eigenvalue weighted by Gasteiger charge is -2.38. The highest BCUT2D eigenvalue weighted by molar-refractivity contribution is 6.35. The van der Waals surface area contributed by atoms with E-state index in [1.807, 2.05) is 0 Å². The van der Waals surface area contributed by atoms with Gasteiger partial charge in [-0.2, -0.15) is 0 Å². The Balaban J connectivity index is 1.85. The van der Waals surface area contributed by atoms with Gasteiger partial charge in [-0.15, -0.1) is 0 Å². The number of aryl methyl sites for hydroxylation is 1. The lowest BCUT2D eigenvalue weighted by Crippen LogP contribution is -2.45. The fourth-order valence-corrected chi connectivity index (χ4v) is 3.85. The van der Waals surface area contributed by atoms with Crippen molar-refractivity contribution in [3.63, 3.8) is 0 Å². The number of Topliss-reactive ketones (excluding diaryl/α,β-unsaturated/α-hetero) is 1. The zero-order valence-corrected chi connectivity index (χ0v) is 15.4. The quantitative estimate of drug-likeness (QED) is 0.806. The Morgan fingerprint density at radius 3 is 2.73 bits per heavy atom. The molecule has 2 aromatic rings. The Morgan fingerprint density at radius 2 is 2.04 bits per heavy atom. The Kier molecular flexibility index (Phi) is 5.35. The molecule has 3 rings (SSSR count). The molecule has 2 atom stereocenters. The average molecular weight is 398 g/mol. The Hall–Kier alpha value is -1.53. The summed E-state index contributed by atoms with van der Waals surface area (Å²) in [5.41, 5.74) is -3.12. The minimum absolute atomic E-state index is 0.0223.